The molecule has 0 aromatic heterocycles. The summed E-state index contributed by atoms with van der Waals surface area (Å²) >= 11 is 11.9. The van der Waals surface area contributed by atoms with Crippen molar-refractivity contribution in [3.63, 3.8) is 0 Å². The van der Waals surface area contributed by atoms with Crippen LogP contribution in [0.4, 0.5) is 0 Å². The summed E-state index contributed by atoms with van der Waals surface area (Å²) in [6, 6.07) is 5.27. The van der Waals surface area contributed by atoms with Crippen LogP contribution in [0.3, 0.4) is 0 Å². The molecule has 1 fully saturated rings. The topological polar surface area (TPSA) is 50.4 Å². The van der Waals surface area contributed by atoms with Crippen LogP contribution in [-0.4, -0.2) is 32.1 Å². The largest absolute Gasteiger partial charge is 0.492 e. The Morgan fingerprint density at radius 1 is 1.39 bits per heavy atom. The van der Waals surface area contributed by atoms with E-state index >= 15 is 0 Å². The molecule has 1 unspecified atom stereocenters. The van der Waals surface area contributed by atoms with Crippen LogP contribution in [0, 0.1) is 5.92 Å². The van der Waals surface area contributed by atoms with Crippen molar-refractivity contribution >= 4 is 41.5 Å². The maximum absolute atomic E-state index is 11.8. The summed E-state index contributed by atoms with van der Waals surface area (Å²) < 4.78 is 5.56. The van der Waals surface area contributed by atoms with Gasteiger partial charge in [0, 0.05) is 13.0 Å². The molecule has 2 rings (SSSR count). The minimum atomic E-state index is 0. The van der Waals surface area contributed by atoms with Crippen molar-refractivity contribution in [2.24, 2.45) is 5.92 Å². The number of rotatable bonds is 7. The molecule has 0 aliphatic carbocycles. The van der Waals surface area contributed by atoms with E-state index in [1.807, 2.05) is 0 Å². The van der Waals surface area contributed by atoms with E-state index in [1.54, 1.807) is 18.2 Å². The molecule has 0 bridgehead atoms. The first kappa shape index (κ1) is 20.4. The van der Waals surface area contributed by atoms with E-state index < -0.39 is 0 Å². The first-order valence-corrected chi connectivity index (χ1v) is 8.46. The van der Waals surface area contributed by atoms with Gasteiger partial charge >= 0.3 is 0 Å². The average Bonchev–Trinajstić information content (AvgIpc) is 2.54. The third-order valence-corrected chi connectivity index (χ3v) is 4.51. The van der Waals surface area contributed by atoms with Gasteiger partial charge in [-0.05, 0) is 50.4 Å². The Bertz CT molecular complexity index is 494. The quantitative estimate of drug-likeness (QED) is 0.708. The number of carbonyl (C=O) groups is 1. The van der Waals surface area contributed by atoms with Crippen LogP contribution in [0.15, 0.2) is 18.2 Å². The maximum Gasteiger partial charge on any atom is 0.220 e. The van der Waals surface area contributed by atoms with Crippen molar-refractivity contribution in [1.82, 2.24) is 10.6 Å². The Kier molecular flexibility index (Phi) is 9.72. The second-order valence-corrected chi connectivity index (χ2v) is 6.31. The van der Waals surface area contributed by atoms with Gasteiger partial charge in [-0.25, -0.2) is 0 Å². The molecule has 2 N–H and O–H groups in total. The fourth-order valence-corrected chi connectivity index (χ4v) is 2.80. The van der Waals surface area contributed by atoms with Crippen LogP contribution in [0.5, 0.6) is 5.75 Å². The van der Waals surface area contributed by atoms with Gasteiger partial charge in [0.25, 0.3) is 0 Å². The molecule has 1 heterocycles. The molecule has 4 nitrogen and oxygen atoms in total. The van der Waals surface area contributed by atoms with Gasteiger partial charge < -0.3 is 15.4 Å². The van der Waals surface area contributed by atoms with Gasteiger partial charge in [0.05, 0.1) is 11.6 Å². The predicted molar refractivity (Wildman–Crippen MR) is 97.0 cm³/mol. The molecule has 1 aliphatic rings. The molecule has 0 saturated carbocycles. The number of ether oxygens (including phenoxy) is 1. The number of amides is 1. The zero-order chi connectivity index (χ0) is 15.8. The van der Waals surface area contributed by atoms with Crippen LogP contribution in [0.2, 0.25) is 10.0 Å². The van der Waals surface area contributed by atoms with E-state index in [0.717, 1.165) is 19.6 Å². The Labute approximate surface area is 153 Å². The zero-order valence-electron chi connectivity index (χ0n) is 12.9. The molecule has 1 aliphatic heterocycles. The summed E-state index contributed by atoms with van der Waals surface area (Å²) in [5.74, 6) is 1.19. The molecule has 1 aromatic rings. The Morgan fingerprint density at radius 2 is 2.22 bits per heavy atom. The lowest BCUT2D eigenvalue weighted by atomic mass is 10.00. The lowest BCUT2D eigenvalue weighted by Gasteiger charge is -2.22. The number of hydrogen-bond acceptors (Lipinski definition) is 3. The number of piperidine rings is 1. The highest BCUT2D eigenvalue weighted by atomic mass is 35.5. The summed E-state index contributed by atoms with van der Waals surface area (Å²) in [6.45, 7) is 3.29. The van der Waals surface area contributed by atoms with Gasteiger partial charge in [-0.1, -0.05) is 29.3 Å². The molecule has 7 heteroatoms. The van der Waals surface area contributed by atoms with Crippen LogP contribution in [0.1, 0.15) is 25.7 Å². The van der Waals surface area contributed by atoms with Gasteiger partial charge in [0.2, 0.25) is 5.91 Å². The minimum Gasteiger partial charge on any atom is -0.492 e. The second kappa shape index (κ2) is 11.0. The molecule has 1 amide bonds. The SMILES string of the molecule is Cl.O=C(CCCOc1cccc(Cl)c1Cl)NCC1CCCNC1. The van der Waals surface area contributed by atoms with E-state index in [1.165, 1.54) is 12.8 Å². The lowest BCUT2D eigenvalue weighted by Crippen LogP contribution is -2.38. The molecular weight excluding hydrogens is 359 g/mol. The van der Waals surface area contributed by atoms with Gasteiger partial charge in [-0.3, -0.25) is 4.79 Å². The summed E-state index contributed by atoms with van der Waals surface area (Å²) in [7, 11) is 0. The van der Waals surface area contributed by atoms with Crippen molar-refractivity contribution in [1.29, 1.82) is 0 Å². The monoisotopic (exact) mass is 380 g/mol. The molecule has 1 aromatic carbocycles. The third kappa shape index (κ3) is 7.17. The summed E-state index contributed by atoms with van der Waals surface area (Å²) in [5, 5.41) is 7.22. The van der Waals surface area contributed by atoms with E-state index in [9.17, 15) is 4.79 Å². The Balaban J connectivity index is 0.00000264. The van der Waals surface area contributed by atoms with Crippen LogP contribution in [-0.2, 0) is 4.79 Å². The van der Waals surface area contributed by atoms with Crippen molar-refractivity contribution < 1.29 is 9.53 Å². The van der Waals surface area contributed by atoms with Crippen LogP contribution < -0.4 is 15.4 Å². The molecule has 130 valence electrons. The minimum absolute atomic E-state index is 0. The first-order chi connectivity index (χ1) is 10.7. The number of benzene rings is 1. The highest BCUT2D eigenvalue weighted by Gasteiger charge is 2.13. The van der Waals surface area contributed by atoms with Crippen LogP contribution in [0.25, 0.3) is 0 Å². The number of halogens is 3. The maximum atomic E-state index is 11.8. The van der Waals surface area contributed by atoms with Gasteiger partial charge in [-0.2, -0.15) is 0 Å². The fraction of sp³-hybridized carbons (Fsp3) is 0.562. The molecular formula is C16H23Cl3N2O2. The predicted octanol–water partition coefficient (Wildman–Crippen LogP) is 3.69. The third-order valence-electron chi connectivity index (χ3n) is 3.71. The number of carbonyl (C=O) groups excluding carboxylic acids is 1. The average molecular weight is 382 g/mol. The van der Waals surface area contributed by atoms with E-state index in [0.29, 0.717) is 41.2 Å². The smallest absolute Gasteiger partial charge is 0.220 e. The molecule has 23 heavy (non-hydrogen) atoms. The van der Waals surface area contributed by atoms with Crippen molar-refractivity contribution in [3.05, 3.63) is 28.2 Å². The highest BCUT2D eigenvalue weighted by Crippen LogP contribution is 2.31. The van der Waals surface area contributed by atoms with Gasteiger partial charge in [0.1, 0.15) is 10.8 Å². The normalized spacial score (nSPS) is 17.2. The molecule has 1 atom stereocenters. The highest BCUT2D eigenvalue weighted by molar-refractivity contribution is 6.42. The molecule has 0 spiro atoms. The number of hydrogen-bond donors (Lipinski definition) is 2. The second-order valence-electron chi connectivity index (χ2n) is 5.52. The van der Waals surface area contributed by atoms with Crippen LogP contribution >= 0.6 is 35.6 Å². The van der Waals surface area contributed by atoms with E-state index in [-0.39, 0.29) is 18.3 Å². The summed E-state index contributed by atoms with van der Waals surface area (Å²) in [5.41, 5.74) is 0. The summed E-state index contributed by atoms with van der Waals surface area (Å²) in [4.78, 5) is 11.8. The van der Waals surface area contributed by atoms with Crippen molar-refractivity contribution in [3.8, 4) is 5.75 Å². The molecule has 0 radical (unpaired) electrons. The lowest BCUT2D eigenvalue weighted by molar-refractivity contribution is -0.121. The van der Waals surface area contributed by atoms with E-state index in [2.05, 4.69) is 10.6 Å². The fourth-order valence-electron chi connectivity index (χ4n) is 2.46. The van der Waals surface area contributed by atoms with Gasteiger partial charge in [-0.15, -0.1) is 12.4 Å². The first-order valence-electron chi connectivity index (χ1n) is 7.71. The zero-order valence-corrected chi connectivity index (χ0v) is 15.3. The Hall–Kier alpha value is -0.680. The van der Waals surface area contributed by atoms with Gasteiger partial charge in [0.15, 0.2) is 0 Å². The summed E-state index contributed by atoms with van der Waals surface area (Å²) in [6.07, 6.45) is 3.48. The van der Waals surface area contributed by atoms with Crippen molar-refractivity contribution in [2.75, 3.05) is 26.2 Å². The van der Waals surface area contributed by atoms with Crippen molar-refractivity contribution in [2.45, 2.75) is 25.7 Å². The standard InChI is InChI=1S/C16H22Cl2N2O2.ClH/c17-13-5-1-6-14(16(13)18)22-9-3-7-15(21)20-11-12-4-2-8-19-10-12;/h1,5-6,12,19H,2-4,7-11H2,(H,20,21);1H. The number of nitrogens with one attached hydrogen (secondary N) is 2. The molecule has 1 saturated heterocycles. The Morgan fingerprint density at radius 3 is 2.96 bits per heavy atom. The van der Waals surface area contributed by atoms with E-state index in [4.69, 9.17) is 27.9 Å².